The van der Waals surface area contributed by atoms with Crippen LogP contribution in [-0.2, 0) is 25.6 Å². The first-order chi connectivity index (χ1) is 26.0. The first-order valence-corrected chi connectivity index (χ1v) is 20.4. The fraction of sp³-hybridized carbons (Fsp3) is 0.525. The molecule has 2 fully saturated rings. The van der Waals surface area contributed by atoms with E-state index in [1.54, 1.807) is 55.4 Å². The lowest BCUT2D eigenvalue weighted by atomic mass is 9.94. The second kappa shape index (κ2) is 18.0. The average molecular weight is 778 g/mol. The normalized spacial score (nSPS) is 20.0. The van der Waals surface area contributed by atoms with Gasteiger partial charge < -0.3 is 33.7 Å². The predicted molar refractivity (Wildman–Crippen MR) is 210 cm³/mol. The fourth-order valence-corrected chi connectivity index (χ4v) is 8.83. The second-order valence-electron chi connectivity index (χ2n) is 15.2. The first kappa shape index (κ1) is 39.6. The molecule has 0 spiro atoms. The van der Waals surface area contributed by atoms with Crippen LogP contribution in [0.5, 0.6) is 17.2 Å². The van der Waals surface area contributed by atoms with E-state index in [0.29, 0.717) is 52.1 Å². The third-order valence-corrected chi connectivity index (χ3v) is 12.2. The van der Waals surface area contributed by atoms with Crippen LogP contribution < -0.4 is 19.5 Å². The molecule has 1 saturated heterocycles. The molecule has 0 bridgehead atoms. The minimum Gasteiger partial charge on any atom is -0.493 e. The lowest BCUT2D eigenvalue weighted by Crippen LogP contribution is -2.40. The monoisotopic (exact) mass is 777 g/mol. The second-order valence-corrected chi connectivity index (χ2v) is 17.5. The Balaban J connectivity index is 0.950. The quantitative estimate of drug-likeness (QED) is 0.0970. The number of likely N-dealkylation sites (tertiary alicyclic amines) is 1. The molecule has 3 aromatic rings. The smallest absolute Gasteiger partial charge is 0.246 e. The highest BCUT2D eigenvalue weighted by Gasteiger charge is 2.32. The molecule has 54 heavy (non-hydrogen) atoms. The Bertz CT molecular complexity index is 1810. The summed E-state index contributed by atoms with van der Waals surface area (Å²) < 4.78 is 24.9. The minimum absolute atomic E-state index is 0.0175. The highest BCUT2D eigenvalue weighted by Crippen LogP contribution is 2.42. The Morgan fingerprint density at radius 2 is 1.83 bits per heavy atom. The number of ether oxygens (including phenoxy) is 3. The largest absolute Gasteiger partial charge is 0.493 e. The van der Waals surface area contributed by atoms with Crippen LogP contribution >= 0.6 is 23.1 Å². The maximum atomic E-state index is 13.1. The average Bonchev–Trinajstić information content (AvgIpc) is 3.94. The molecule has 1 aliphatic carbocycles. The van der Waals surface area contributed by atoms with Crippen molar-refractivity contribution in [3.05, 3.63) is 59.5 Å². The van der Waals surface area contributed by atoms with Crippen molar-refractivity contribution in [1.29, 1.82) is 0 Å². The summed E-state index contributed by atoms with van der Waals surface area (Å²) in [5.41, 5.74) is 1.13. The zero-order chi connectivity index (χ0) is 38.2. The molecular weight excluding hydrogens is 727 g/mol. The van der Waals surface area contributed by atoms with Gasteiger partial charge in [0.2, 0.25) is 23.5 Å². The Kier molecular flexibility index (Phi) is 13.2. The number of thiazole rings is 1. The summed E-state index contributed by atoms with van der Waals surface area (Å²) in [5.74, 6) is 4.17. The molecular formula is C40H51N5O7S2. The summed E-state index contributed by atoms with van der Waals surface area (Å²) in [5, 5.41) is 3.67. The van der Waals surface area contributed by atoms with E-state index in [0.717, 1.165) is 80.0 Å². The van der Waals surface area contributed by atoms with Crippen molar-refractivity contribution < 1.29 is 33.0 Å². The Labute approximate surface area is 325 Å². The molecule has 2 aliphatic heterocycles. The van der Waals surface area contributed by atoms with Gasteiger partial charge in [0, 0.05) is 36.5 Å². The number of anilines is 1. The number of nitrogens with zero attached hydrogens (tertiary/aromatic N) is 4. The van der Waals surface area contributed by atoms with Gasteiger partial charge in [-0.1, -0.05) is 38.2 Å². The van der Waals surface area contributed by atoms with Gasteiger partial charge in [0.05, 0.1) is 42.7 Å². The van der Waals surface area contributed by atoms with Gasteiger partial charge in [-0.05, 0) is 87.4 Å². The number of aromatic nitrogens is 2. The molecule has 14 heteroatoms. The van der Waals surface area contributed by atoms with Crippen molar-refractivity contribution in [1.82, 2.24) is 19.8 Å². The van der Waals surface area contributed by atoms with E-state index >= 15 is 0 Å². The highest BCUT2D eigenvalue weighted by atomic mass is 32.2. The number of hydrogen-bond donors (Lipinski definition) is 1. The maximum Gasteiger partial charge on any atom is 0.246 e. The third-order valence-electron chi connectivity index (χ3n) is 10.1. The van der Waals surface area contributed by atoms with Crippen LogP contribution in [0.1, 0.15) is 76.5 Å². The van der Waals surface area contributed by atoms with Crippen molar-refractivity contribution in [2.45, 2.75) is 80.8 Å². The molecule has 2 atom stereocenters. The first-order valence-electron chi connectivity index (χ1n) is 18.6. The number of thioether (sulfide) groups is 1. The standard InChI is InChI=1S/C40H51N5O7S2/c1-40(2,3)33-20-41-34(52-33)25-53-36-21-42-39(54-36)43-38(48)29-11-14-44(15-12-29)22-26-9-10-30(17-26)51-37-31(49-4)18-27(19-32(37)50-5)16-28(24-46)23-45-13-7-6-8-35(45)47/h6,8,16,18-21,24,26,29-30H,7,9-15,17,22-23,25H2,1-5H3,(H,42,43,48)/b28-16-. The molecule has 290 valence electrons. The van der Waals surface area contributed by atoms with Crippen molar-refractivity contribution in [2.75, 3.05) is 52.3 Å². The van der Waals surface area contributed by atoms with Crippen LogP contribution in [0.2, 0.25) is 0 Å². The van der Waals surface area contributed by atoms with E-state index in [2.05, 4.69) is 41.0 Å². The lowest BCUT2D eigenvalue weighted by Gasteiger charge is -2.32. The van der Waals surface area contributed by atoms with E-state index in [9.17, 15) is 14.4 Å². The number of hydrogen-bond acceptors (Lipinski definition) is 12. The third kappa shape index (κ3) is 10.3. The van der Waals surface area contributed by atoms with E-state index in [4.69, 9.17) is 18.6 Å². The molecule has 1 saturated carbocycles. The van der Waals surface area contributed by atoms with E-state index in [1.807, 2.05) is 18.2 Å². The molecule has 2 amide bonds. The van der Waals surface area contributed by atoms with Crippen LogP contribution in [0.25, 0.3) is 6.08 Å². The van der Waals surface area contributed by atoms with Crippen LogP contribution in [0.3, 0.4) is 0 Å². The van der Waals surface area contributed by atoms with E-state index < -0.39 is 0 Å². The number of piperidine rings is 1. The van der Waals surface area contributed by atoms with Crippen molar-refractivity contribution in [2.24, 2.45) is 11.8 Å². The summed E-state index contributed by atoms with van der Waals surface area (Å²) in [4.78, 5) is 50.2. The summed E-state index contributed by atoms with van der Waals surface area (Å²) in [6.45, 7) is 9.86. The van der Waals surface area contributed by atoms with Gasteiger partial charge in [-0.3, -0.25) is 14.4 Å². The van der Waals surface area contributed by atoms with Gasteiger partial charge in [-0.15, -0.1) is 11.8 Å². The SMILES string of the molecule is COc1cc(/C=C(\C=O)CN2CCC=CC2=O)cc(OC)c1OC1CCC(CN2CCC(C(=O)Nc3ncc(SCc4ncc(C(C)(C)C)o4)s3)CC2)C1. The predicted octanol–water partition coefficient (Wildman–Crippen LogP) is 7.01. The number of nitrogens with one attached hydrogen (secondary N) is 1. The van der Waals surface area contributed by atoms with Crippen molar-refractivity contribution in [3.8, 4) is 17.2 Å². The number of amides is 2. The fourth-order valence-electron chi connectivity index (χ4n) is 7.10. The zero-order valence-electron chi connectivity index (χ0n) is 31.8. The van der Waals surface area contributed by atoms with Gasteiger partial charge in [0.1, 0.15) is 12.0 Å². The number of carbonyl (C=O) groups is 3. The van der Waals surface area contributed by atoms with E-state index in [-0.39, 0.29) is 35.8 Å². The van der Waals surface area contributed by atoms with Gasteiger partial charge in [0.15, 0.2) is 16.6 Å². The number of benzene rings is 1. The molecule has 2 unspecified atom stereocenters. The van der Waals surface area contributed by atoms with Gasteiger partial charge in [-0.25, -0.2) is 9.97 Å². The van der Waals surface area contributed by atoms with Crippen molar-refractivity contribution in [3.63, 3.8) is 0 Å². The van der Waals surface area contributed by atoms with Crippen LogP contribution in [0, 0.1) is 11.8 Å². The Morgan fingerprint density at radius 1 is 1.07 bits per heavy atom. The Hall–Kier alpha value is -4.14. The number of aldehydes is 1. The topological polar surface area (TPSA) is 136 Å². The van der Waals surface area contributed by atoms with Crippen LogP contribution in [0.15, 0.2) is 50.9 Å². The zero-order valence-corrected chi connectivity index (χ0v) is 33.4. The highest BCUT2D eigenvalue weighted by molar-refractivity contribution is 8.00. The number of carbonyl (C=O) groups excluding carboxylic acids is 3. The lowest BCUT2D eigenvalue weighted by molar-refractivity contribution is -0.126. The summed E-state index contributed by atoms with van der Waals surface area (Å²) in [6.07, 6.45) is 14.9. The molecule has 1 aromatic carbocycles. The molecule has 12 nitrogen and oxygen atoms in total. The number of methoxy groups -OCH3 is 2. The summed E-state index contributed by atoms with van der Waals surface area (Å²) >= 11 is 3.08. The molecule has 1 N–H and O–H groups in total. The molecule has 3 aliphatic rings. The molecule has 0 radical (unpaired) electrons. The van der Waals surface area contributed by atoms with E-state index in [1.165, 1.54) is 11.3 Å². The Morgan fingerprint density at radius 3 is 2.50 bits per heavy atom. The van der Waals surface area contributed by atoms with Gasteiger partial charge in [-0.2, -0.15) is 0 Å². The molecule has 4 heterocycles. The van der Waals surface area contributed by atoms with Crippen LogP contribution in [-0.4, -0.2) is 90.9 Å². The minimum atomic E-state index is -0.0953. The van der Waals surface area contributed by atoms with Gasteiger partial charge in [0.25, 0.3) is 0 Å². The number of rotatable bonds is 15. The summed E-state index contributed by atoms with van der Waals surface area (Å²) in [7, 11) is 3.18. The van der Waals surface area contributed by atoms with Gasteiger partial charge >= 0.3 is 0 Å². The number of oxazole rings is 1. The van der Waals surface area contributed by atoms with Crippen LogP contribution in [0.4, 0.5) is 5.13 Å². The summed E-state index contributed by atoms with van der Waals surface area (Å²) in [6, 6.07) is 3.67. The maximum absolute atomic E-state index is 13.1. The molecule has 2 aromatic heterocycles. The molecule has 6 rings (SSSR count). The van der Waals surface area contributed by atoms with Crippen molar-refractivity contribution >= 4 is 52.4 Å².